The van der Waals surface area contributed by atoms with Crippen molar-refractivity contribution in [2.45, 2.75) is 18.9 Å². The highest BCUT2D eigenvalue weighted by Gasteiger charge is 2.26. The van der Waals surface area contributed by atoms with Gasteiger partial charge in [-0.2, -0.15) is 0 Å². The van der Waals surface area contributed by atoms with Gasteiger partial charge < -0.3 is 20.8 Å². The summed E-state index contributed by atoms with van der Waals surface area (Å²) in [4.78, 5) is 23.2. The van der Waals surface area contributed by atoms with Gasteiger partial charge in [0, 0.05) is 11.3 Å². The summed E-state index contributed by atoms with van der Waals surface area (Å²) >= 11 is 0. The summed E-state index contributed by atoms with van der Waals surface area (Å²) in [5.41, 5.74) is 0.786. The van der Waals surface area contributed by atoms with E-state index in [9.17, 15) is 9.59 Å². The lowest BCUT2D eigenvalue weighted by Crippen LogP contribution is -2.51. The van der Waals surface area contributed by atoms with Crippen LogP contribution in [0.1, 0.15) is 22.8 Å². The Labute approximate surface area is 110 Å². The first-order valence-corrected chi connectivity index (χ1v) is 5.94. The number of carbonyl (C=O) groups is 2. The van der Waals surface area contributed by atoms with Gasteiger partial charge in [-0.15, -0.1) is 0 Å². The van der Waals surface area contributed by atoms with Gasteiger partial charge in [-0.1, -0.05) is 6.07 Å². The number of aliphatic hydroxyl groups excluding tert-OH is 2. The van der Waals surface area contributed by atoms with Crippen LogP contribution in [0.3, 0.4) is 0 Å². The highest BCUT2D eigenvalue weighted by atomic mass is 16.3. The van der Waals surface area contributed by atoms with E-state index in [1.54, 1.807) is 25.1 Å². The van der Waals surface area contributed by atoms with E-state index >= 15 is 0 Å². The van der Waals surface area contributed by atoms with Gasteiger partial charge >= 0.3 is 0 Å². The van der Waals surface area contributed by atoms with Gasteiger partial charge in [-0.25, -0.2) is 0 Å². The van der Waals surface area contributed by atoms with Crippen LogP contribution in [0.5, 0.6) is 0 Å². The minimum absolute atomic E-state index is 0.0943. The molecule has 0 spiro atoms. The molecule has 19 heavy (non-hydrogen) atoms. The second-order valence-corrected chi connectivity index (χ2v) is 4.93. The Hall–Kier alpha value is -1.92. The highest BCUT2D eigenvalue weighted by molar-refractivity contribution is 6.02. The minimum Gasteiger partial charge on any atom is -0.394 e. The molecule has 0 radical (unpaired) electrons. The first-order valence-electron chi connectivity index (χ1n) is 5.94. The zero-order valence-electron chi connectivity index (χ0n) is 10.6. The molecule has 6 heteroatoms. The van der Waals surface area contributed by atoms with Crippen molar-refractivity contribution in [2.24, 2.45) is 0 Å². The van der Waals surface area contributed by atoms with Crippen molar-refractivity contribution in [1.29, 1.82) is 0 Å². The first kappa shape index (κ1) is 13.5. The molecular formula is C13H16N2O4. The average molecular weight is 264 g/mol. The molecule has 1 heterocycles. The molecule has 4 N–H and O–H groups in total. The van der Waals surface area contributed by atoms with Crippen molar-refractivity contribution in [3.05, 3.63) is 29.3 Å². The van der Waals surface area contributed by atoms with Crippen molar-refractivity contribution in [3.63, 3.8) is 0 Å². The van der Waals surface area contributed by atoms with Crippen molar-refractivity contribution in [1.82, 2.24) is 5.32 Å². The lowest BCUT2D eigenvalue weighted by atomic mass is 10.0. The molecule has 0 saturated carbocycles. The second kappa shape index (κ2) is 4.99. The summed E-state index contributed by atoms with van der Waals surface area (Å²) in [6.45, 7) is 0.813. The van der Waals surface area contributed by atoms with E-state index in [0.29, 0.717) is 17.7 Å². The Morgan fingerprint density at radius 3 is 2.74 bits per heavy atom. The van der Waals surface area contributed by atoms with Gasteiger partial charge in [0.05, 0.1) is 25.2 Å². The molecule has 0 fully saturated rings. The molecule has 0 bridgehead atoms. The standard InChI is InChI=1S/C13H16N2O4/c1-13(6-16,7-17)15-12(19)9-3-2-8-5-11(18)14-10(8)4-9/h2-4,16-17H,5-7H2,1H3,(H,14,18)(H,15,19). The van der Waals surface area contributed by atoms with E-state index in [1.165, 1.54) is 0 Å². The van der Waals surface area contributed by atoms with E-state index in [2.05, 4.69) is 10.6 Å². The average Bonchev–Trinajstić information content (AvgIpc) is 2.77. The van der Waals surface area contributed by atoms with Crippen LogP contribution in [0.2, 0.25) is 0 Å². The van der Waals surface area contributed by atoms with E-state index in [0.717, 1.165) is 5.56 Å². The smallest absolute Gasteiger partial charge is 0.251 e. The summed E-state index contributed by atoms with van der Waals surface area (Å²) in [6.07, 6.45) is 0.322. The van der Waals surface area contributed by atoms with Crippen molar-refractivity contribution in [2.75, 3.05) is 18.5 Å². The number of hydrogen-bond donors (Lipinski definition) is 4. The number of fused-ring (bicyclic) bond motifs is 1. The molecule has 0 unspecified atom stereocenters. The zero-order chi connectivity index (χ0) is 14.0. The quantitative estimate of drug-likeness (QED) is 0.597. The molecule has 102 valence electrons. The predicted molar refractivity (Wildman–Crippen MR) is 68.8 cm³/mol. The largest absolute Gasteiger partial charge is 0.394 e. The van der Waals surface area contributed by atoms with Crippen molar-refractivity contribution < 1.29 is 19.8 Å². The molecule has 2 rings (SSSR count). The molecule has 1 aromatic carbocycles. The Kier molecular flexibility index (Phi) is 3.55. The van der Waals surface area contributed by atoms with Crippen LogP contribution in [-0.4, -0.2) is 40.8 Å². The van der Waals surface area contributed by atoms with Crippen LogP contribution in [0.4, 0.5) is 5.69 Å². The minimum atomic E-state index is -1.07. The Balaban J connectivity index is 2.17. The summed E-state index contributed by atoms with van der Waals surface area (Å²) in [5.74, 6) is -0.502. The van der Waals surface area contributed by atoms with Crippen LogP contribution in [-0.2, 0) is 11.2 Å². The number of nitrogens with one attached hydrogen (secondary N) is 2. The van der Waals surface area contributed by atoms with Crippen molar-refractivity contribution in [3.8, 4) is 0 Å². The Morgan fingerprint density at radius 1 is 1.42 bits per heavy atom. The van der Waals surface area contributed by atoms with Gasteiger partial charge in [0.1, 0.15) is 0 Å². The van der Waals surface area contributed by atoms with Gasteiger partial charge in [-0.3, -0.25) is 9.59 Å². The first-order chi connectivity index (χ1) is 8.97. The van der Waals surface area contributed by atoms with E-state index < -0.39 is 11.4 Å². The van der Waals surface area contributed by atoms with Crippen LogP contribution >= 0.6 is 0 Å². The summed E-state index contributed by atoms with van der Waals surface area (Å²) < 4.78 is 0. The topological polar surface area (TPSA) is 98.7 Å². The fraction of sp³-hybridized carbons (Fsp3) is 0.385. The number of aliphatic hydroxyl groups is 2. The number of rotatable bonds is 4. The number of anilines is 1. The predicted octanol–water partition coefficient (Wildman–Crippen LogP) is -0.346. The molecule has 1 aromatic rings. The molecule has 0 aromatic heterocycles. The number of carbonyl (C=O) groups excluding carboxylic acids is 2. The SMILES string of the molecule is CC(CO)(CO)NC(=O)c1ccc2c(c1)NC(=O)C2. The lowest BCUT2D eigenvalue weighted by molar-refractivity contribution is -0.115. The van der Waals surface area contributed by atoms with Gasteiger partial charge in [-0.05, 0) is 24.6 Å². The van der Waals surface area contributed by atoms with E-state index in [-0.39, 0.29) is 19.1 Å². The van der Waals surface area contributed by atoms with Crippen LogP contribution < -0.4 is 10.6 Å². The summed E-state index contributed by atoms with van der Waals surface area (Å²) in [5, 5.41) is 23.5. The summed E-state index contributed by atoms with van der Waals surface area (Å²) in [7, 11) is 0. The van der Waals surface area contributed by atoms with Gasteiger partial charge in [0.2, 0.25) is 5.91 Å². The Morgan fingerprint density at radius 2 is 2.11 bits per heavy atom. The van der Waals surface area contributed by atoms with E-state index in [4.69, 9.17) is 10.2 Å². The fourth-order valence-electron chi connectivity index (χ4n) is 1.83. The molecule has 1 aliphatic heterocycles. The molecule has 6 nitrogen and oxygen atoms in total. The lowest BCUT2D eigenvalue weighted by Gasteiger charge is -2.26. The summed E-state index contributed by atoms with van der Waals surface area (Å²) in [6, 6.07) is 4.92. The fourth-order valence-corrected chi connectivity index (χ4v) is 1.83. The Bertz CT molecular complexity index is 523. The monoisotopic (exact) mass is 264 g/mol. The molecule has 0 saturated heterocycles. The maximum Gasteiger partial charge on any atom is 0.251 e. The molecule has 2 amide bonds. The third-order valence-electron chi connectivity index (χ3n) is 3.11. The second-order valence-electron chi connectivity index (χ2n) is 4.93. The van der Waals surface area contributed by atoms with Crippen LogP contribution in [0.15, 0.2) is 18.2 Å². The number of hydrogen-bond acceptors (Lipinski definition) is 4. The van der Waals surface area contributed by atoms with Gasteiger partial charge in [0.15, 0.2) is 0 Å². The van der Waals surface area contributed by atoms with Gasteiger partial charge in [0.25, 0.3) is 5.91 Å². The van der Waals surface area contributed by atoms with Crippen molar-refractivity contribution >= 4 is 17.5 Å². The maximum atomic E-state index is 12.0. The van der Waals surface area contributed by atoms with E-state index in [1.807, 2.05) is 0 Å². The third-order valence-corrected chi connectivity index (χ3v) is 3.11. The molecule has 1 aliphatic rings. The molecule has 0 aliphatic carbocycles. The zero-order valence-corrected chi connectivity index (χ0v) is 10.6. The molecular weight excluding hydrogens is 248 g/mol. The highest BCUT2D eigenvalue weighted by Crippen LogP contribution is 2.24. The number of benzene rings is 1. The van der Waals surface area contributed by atoms with Crippen LogP contribution in [0, 0.1) is 0 Å². The maximum absolute atomic E-state index is 12.0. The third kappa shape index (κ3) is 2.74. The van der Waals surface area contributed by atoms with Crippen LogP contribution in [0.25, 0.3) is 0 Å². The molecule has 0 atom stereocenters. The normalized spacial score (nSPS) is 13.9. The number of amides is 2.